The smallest absolute Gasteiger partial charge is 0.291 e. The maximum Gasteiger partial charge on any atom is 0.291 e. The van der Waals surface area contributed by atoms with Crippen molar-refractivity contribution in [2.45, 2.75) is 32.6 Å². The Bertz CT molecular complexity index is 886. The van der Waals surface area contributed by atoms with E-state index < -0.39 is 0 Å². The number of aromatic nitrogens is 1. The topological polar surface area (TPSA) is 93.9 Å². The number of ether oxygens (including phenoxy) is 2. The number of carbonyl (C=O) groups excluding carboxylic acids is 2. The van der Waals surface area contributed by atoms with Crippen LogP contribution in [0.1, 0.15) is 41.9 Å². The van der Waals surface area contributed by atoms with Gasteiger partial charge in [-0.1, -0.05) is 0 Å². The van der Waals surface area contributed by atoms with E-state index in [1.54, 1.807) is 17.9 Å². The summed E-state index contributed by atoms with van der Waals surface area (Å²) in [6.45, 7) is 4.17. The molecule has 0 radical (unpaired) electrons. The Morgan fingerprint density at radius 1 is 1.17 bits per heavy atom. The number of hydrogen-bond donors (Lipinski definition) is 1. The van der Waals surface area contributed by atoms with Crippen molar-refractivity contribution in [1.29, 1.82) is 0 Å². The zero-order valence-electron chi connectivity index (χ0n) is 16.5. The molecule has 1 fully saturated rings. The number of anilines is 1. The number of hydrogen-bond acceptors (Lipinski definition) is 6. The number of oxazole rings is 1. The maximum atomic E-state index is 12.5. The summed E-state index contributed by atoms with van der Waals surface area (Å²) in [5.41, 5.74) is 1.33. The first-order chi connectivity index (χ1) is 14.1. The number of amides is 2. The van der Waals surface area contributed by atoms with Crippen LogP contribution in [-0.4, -0.2) is 48.0 Å². The number of likely N-dealkylation sites (tertiary alicyclic amines) is 1. The van der Waals surface area contributed by atoms with Gasteiger partial charge in [-0.25, -0.2) is 4.98 Å². The van der Waals surface area contributed by atoms with E-state index in [1.807, 2.05) is 12.1 Å². The molecule has 29 heavy (non-hydrogen) atoms. The van der Waals surface area contributed by atoms with Crippen LogP contribution in [0.5, 0.6) is 11.5 Å². The van der Waals surface area contributed by atoms with Crippen molar-refractivity contribution in [2.24, 2.45) is 5.92 Å². The maximum absolute atomic E-state index is 12.5. The van der Waals surface area contributed by atoms with Crippen LogP contribution < -0.4 is 14.8 Å². The lowest BCUT2D eigenvalue weighted by atomic mass is 9.92. The molecule has 0 spiro atoms. The molecular formula is C21H25N3O5. The minimum atomic E-state index is -0.102. The Morgan fingerprint density at radius 3 is 2.66 bits per heavy atom. The average Bonchev–Trinajstić information content (AvgIpc) is 3.18. The lowest BCUT2D eigenvalue weighted by Crippen LogP contribution is -2.38. The largest absolute Gasteiger partial charge is 0.486 e. The van der Waals surface area contributed by atoms with Gasteiger partial charge in [-0.2, -0.15) is 0 Å². The third-order valence-electron chi connectivity index (χ3n) is 5.45. The standard InChI is InChI=1S/C21H25N3O5/c1-14-20(29-13-22-14)21(26)24-8-6-15(7-9-24)2-5-19(25)23-16-3-4-17-18(12-16)28-11-10-27-17/h3-4,12-13,15H,2,5-11H2,1H3,(H,23,25). The second-order valence-electron chi connectivity index (χ2n) is 7.45. The second kappa shape index (κ2) is 8.55. The summed E-state index contributed by atoms with van der Waals surface area (Å²) in [5.74, 6) is 2.00. The van der Waals surface area contributed by atoms with E-state index in [4.69, 9.17) is 13.9 Å². The molecule has 3 heterocycles. The summed E-state index contributed by atoms with van der Waals surface area (Å²) in [7, 11) is 0. The number of nitrogens with zero attached hydrogens (tertiary/aromatic N) is 2. The molecule has 2 amide bonds. The Labute approximate surface area is 169 Å². The first-order valence-electron chi connectivity index (χ1n) is 9.99. The fourth-order valence-electron chi connectivity index (χ4n) is 3.76. The highest BCUT2D eigenvalue weighted by Crippen LogP contribution is 2.32. The summed E-state index contributed by atoms with van der Waals surface area (Å²) in [4.78, 5) is 30.6. The van der Waals surface area contributed by atoms with Gasteiger partial charge in [0.1, 0.15) is 13.2 Å². The van der Waals surface area contributed by atoms with Crippen molar-refractivity contribution >= 4 is 17.5 Å². The molecule has 1 N–H and O–H groups in total. The van der Waals surface area contributed by atoms with Gasteiger partial charge >= 0.3 is 0 Å². The summed E-state index contributed by atoms with van der Waals surface area (Å²) >= 11 is 0. The highest BCUT2D eigenvalue weighted by molar-refractivity contribution is 5.92. The predicted molar refractivity (Wildman–Crippen MR) is 105 cm³/mol. The van der Waals surface area contributed by atoms with Crippen molar-refractivity contribution in [2.75, 3.05) is 31.6 Å². The molecule has 1 aromatic heterocycles. The van der Waals surface area contributed by atoms with Gasteiger partial charge in [0, 0.05) is 31.3 Å². The first kappa shape index (κ1) is 19.3. The number of aryl methyl sites for hydroxylation is 1. The molecule has 2 aliphatic heterocycles. The molecule has 8 nitrogen and oxygen atoms in total. The molecule has 0 bridgehead atoms. The van der Waals surface area contributed by atoms with E-state index in [-0.39, 0.29) is 11.8 Å². The highest BCUT2D eigenvalue weighted by atomic mass is 16.6. The van der Waals surface area contributed by atoms with Gasteiger partial charge in [-0.05, 0) is 44.2 Å². The van der Waals surface area contributed by atoms with Crippen molar-refractivity contribution in [3.63, 3.8) is 0 Å². The van der Waals surface area contributed by atoms with E-state index in [1.165, 1.54) is 6.39 Å². The van der Waals surface area contributed by atoms with E-state index in [0.29, 0.717) is 67.3 Å². The molecule has 154 valence electrons. The minimum absolute atomic E-state index is 0.0162. The number of fused-ring (bicyclic) bond motifs is 1. The van der Waals surface area contributed by atoms with Crippen LogP contribution in [0.25, 0.3) is 0 Å². The number of carbonyl (C=O) groups is 2. The quantitative estimate of drug-likeness (QED) is 0.831. The lowest BCUT2D eigenvalue weighted by Gasteiger charge is -2.31. The van der Waals surface area contributed by atoms with E-state index in [2.05, 4.69) is 10.3 Å². The van der Waals surface area contributed by atoms with Gasteiger partial charge < -0.3 is 24.1 Å². The monoisotopic (exact) mass is 399 g/mol. The second-order valence-corrected chi connectivity index (χ2v) is 7.45. The molecule has 1 saturated heterocycles. The Balaban J connectivity index is 1.22. The van der Waals surface area contributed by atoms with Crippen molar-refractivity contribution in [1.82, 2.24) is 9.88 Å². The Hall–Kier alpha value is -3.03. The van der Waals surface area contributed by atoms with E-state index >= 15 is 0 Å². The lowest BCUT2D eigenvalue weighted by molar-refractivity contribution is -0.116. The van der Waals surface area contributed by atoms with Crippen molar-refractivity contribution in [3.8, 4) is 11.5 Å². The summed E-state index contributed by atoms with van der Waals surface area (Å²) in [5, 5.41) is 2.93. The van der Waals surface area contributed by atoms with Gasteiger partial charge in [-0.15, -0.1) is 0 Å². The summed E-state index contributed by atoms with van der Waals surface area (Å²) in [6, 6.07) is 5.43. The SMILES string of the molecule is Cc1ncoc1C(=O)N1CCC(CCC(=O)Nc2ccc3c(c2)OCCO3)CC1. The molecule has 0 aliphatic carbocycles. The van der Waals surface area contributed by atoms with Gasteiger partial charge in [-0.3, -0.25) is 9.59 Å². The Kier molecular flexibility index (Phi) is 5.69. The molecule has 2 aromatic rings. The Morgan fingerprint density at radius 2 is 1.93 bits per heavy atom. The molecule has 2 aliphatic rings. The average molecular weight is 399 g/mol. The van der Waals surface area contributed by atoms with Gasteiger partial charge in [0.2, 0.25) is 11.7 Å². The normalized spacial score (nSPS) is 16.5. The predicted octanol–water partition coefficient (Wildman–Crippen LogP) is 3.03. The fourth-order valence-corrected chi connectivity index (χ4v) is 3.76. The number of nitrogens with one attached hydrogen (secondary N) is 1. The number of benzene rings is 1. The van der Waals surface area contributed by atoms with E-state index in [0.717, 1.165) is 19.3 Å². The zero-order chi connectivity index (χ0) is 20.2. The van der Waals surface area contributed by atoms with Crippen LogP contribution in [0.4, 0.5) is 5.69 Å². The molecule has 8 heteroatoms. The van der Waals surface area contributed by atoms with Gasteiger partial charge in [0.05, 0.1) is 5.69 Å². The van der Waals surface area contributed by atoms with Crippen LogP contribution in [-0.2, 0) is 4.79 Å². The van der Waals surface area contributed by atoms with Crippen LogP contribution in [0.15, 0.2) is 29.0 Å². The van der Waals surface area contributed by atoms with Crippen LogP contribution >= 0.6 is 0 Å². The van der Waals surface area contributed by atoms with Crippen LogP contribution in [0, 0.1) is 12.8 Å². The van der Waals surface area contributed by atoms with Gasteiger partial charge in [0.15, 0.2) is 17.9 Å². The fraction of sp³-hybridized carbons (Fsp3) is 0.476. The number of piperidine rings is 1. The summed E-state index contributed by atoms with van der Waals surface area (Å²) in [6.07, 6.45) is 4.33. The molecule has 1 aromatic carbocycles. The molecular weight excluding hydrogens is 374 g/mol. The highest BCUT2D eigenvalue weighted by Gasteiger charge is 2.27. The third-order valence-corrected chi connectivity index (χ3v) is 5.45. The third kappa shape index (κ3) is 4.52. The van der Waals surface area contributed by atoms with Gasteiger partial charge in [0.25, 0.3) is 5.91 Å². The van der Waals surface area contributed by atoms with Crippen LogP contribution in [0.2, 0.25) is 0 Å². The zero-order valence-corrected chi connectivity index (χ0v) is 16.5. The summed E-state index contributed by atoms with van der Waals surface area (Å²) < 4.78 is 16.2. The molecule has 0 unspecified atom stereocenters. The molecule has 0 saturated carbocycles. The first-order valence-corrected chi connectivity index (χ1v) is 9.99. The van der Waals surface area contributed by atoms with Crippen molar-refractivity contribution < 1.29 is 23.5 Å². The molecule has 0 atom stereocenters. The number of rotatable bonds is 5. The minimum Gasteiger partial charge on any atom is -0.486 e. The molecule has 4 rings (SSSR count). The van der Waals surface area contributed by atoms with Crippen LogP contribution in [0.3, 0.4) is 0 Å². The van der Waals surface area contributed by atoms with Crippen molar-refractivity contribution in [3.05, 3.63) is 36.0 Å². The van der Waals surface area contributed by atoms with E-state index in [9.17, 15) is 9.59 Å².